The molecule has 2 heterocycles. The molecule has 0 atom stereocenters. The summed E-state index contributed by atoms with van der Waals surface area (Å²) in [5, 5.41) is 1.39. The third-order valence-electron chi connectivity index (χ3n) is 4.96. The molecule has 3 aromatic rings. The number of rotatable bonds is 4. The molecule has 1 fully saturated rings. The second-order valence-corrected chi connectivity index (χ2v) is 8.07. The summed E-state index contributed by atoms with van der Waals surface area (Å²) >= 11 is 7.29. The number of thioether (sulfide) groups is 1. The Bertz CT molecular complexity index is 1220. The van der Waals surface area contributed by atoms with E-state index in [2.05, 4.69) is 10.5 Å². The molecular weight excluding hydrogens is 404 g/mol. The zero-order chi connectivity index (χ0) is 20.5. The number of nitrogens with zero attached hydrogens (tertiary/aromatic N) is 2. The molecule has 1 aliphatic heterocycles. The van der Waals surface area contributed by atoms with Crippen molar-refractivity contribution in [1.29, 1.82) is 0 Å². The van der Waals surface area contributed by atoms with Gasteiger partial charge in [-0.05, 0) is 42.5 Å². The maximum absolute atomic E-state index is 12.6. The number of amides is 2. The van der Waals surface area contributed by atoms with Gasteiger partial charge in [0.1, 0.15) is 0 Å². The highest BCUT2D eigenvalue weighted by molar-refractivity contribution is 8.18. The number of imide groups is 1. The molecule has 6 heteroatoms. The van der Waals surface area contributed by atoms with Crippen LogP contribution in [-0.2, 0) is 11.3 Å². The zero-order valence-corrected chi connectivity index (χ0v) is 17.3. The van der Waals surface area contributed by atoms with Crippen LogP contribution in [0.15, 0.2) is 53.4 Å². The van der Waals surface area contributed by atoms with E-state index < -0.39 is 0 Å². The van der Waals surface area contributed by atoms with Gasteiger partial charge in [-0.1, -0.05) is 53.9 Å². The molecule has 0 saturated carbocycles. The highest BCUT2D eigenvalue weighted by Crippen LogP contribution is 2.36. The fraction of sp³-hybridized carbons (Fsp3) is 0.130. The van der Waals surface area contributed by atoms with Gasteiger partial charge in [-0.3, -0.25) is 14.5 Å². The maximum atomic E-state index is 12.6. The smallest absolute Gasteiger partial charge is 0.294 e. The average molecular weight is 421 g/mol. The third-order valence-corrected chi connectivity index (χ3v) is 6.24. The lowest BCUT2D eigenvalue weighted by molar-refractivity contribution is -0.122. The van der Waals surface area contributed by atoms with E-state index in [0.29, 0.717) is 16.5 Å². The first-order valence-electron chi connectivity index (χ1n) is 9.01. The number of hydrogen-bond acceptors (Lipinski definition) is 3. The Labute approximate surface area is 178 Å². The van der Waals surface area contributed by atoms with Crippen LogP contribution >= 0.6 is 23.4 Å². The van der Waals surface area contributed by atoms with Gasteiger partial charge in [-0.15, -0.1) is 6.42 Å². The summed E-state index contributed by atoms with van der Waals surface area (Å²) in [6.45, 7) is 2.60. The van der Waals surface area contributed by atoms with Crippen molar-refractivity contribution >= 4 is 51.5 Å². The van der Waals surface area contributed by atoms with Crippen LogP contribution in [0, 0.1) is 19.3 Å². The fourth-order valence-corrected chi connectivity index (χ4v) is 4.51. The molecule has 0 spiro atoms. The van der Waals surface area contributed by atoms with E-state index in [4.69, 9.17) is 18.0 Å². The molecule has 0 aliphatic carbocycles. The Balaban J connectivity index is 1.82. The number of para-hydroxylation sites is 1. The number of benzene rings is 2. The SMILES string of the molecule is C#CCN1C(=O)SC(=Cc2c(C)n(Cc3ccccc3Cl)c3ccccc23)C1=O. The van der Waals surface area contributed by atoms with Gasteiger partial charge in [0.25, 0.3) is 11.1 Å². The number of halogens is 1. The average Bonchev–Trinajstić information content (AvgIpc) is 3.13. The normalized spacial score (nSPS) is 15.5. The van der Waals surface area contributed by atoms with Crippen LogP contribution in [0.1, 0.15) is 16.8 Å². The molecule has 0 N–H and O–H groups in total. The van der Waals surface area contributed by atoms with Crippen LogP contribution in [0.5, 0.6) is 0 Å². The summed E-state index contributed by atoms with van der Waals surface area (Å²) in [5.41, 5.74) is 3.96. The molecule has 2 aromatic carbocycles. The summed E-state index contributed by atoms with van der Waals surface area (Å²) < 4.78 is 2.17. The van der Waals surface area contributed by atoms with E-state index in [1.54, 1.807) is 6.08 Å². The molecule has 1 saturated heterocycles. The van der Waals surface area contributed by atoms with Crippen LogP contribution in [0.4, 0.5) is 4.79 Å². The number of aromatic nitrogens is 1. The number of hydrogen-bond donors (Lipinski definition) is 0. The Kier molecular flexibility index (Phi) is 5.23. The summed E-state index contributed by atoms with van der Waals surface area (Å²) in [7, 11) is 0. The van der Waals surface area contributed by atoms with Gasteiger partial charge in [-0.2, -0.15) is 0 Å². The predicted molar refractivity (Wildman–Crippen MR) is 119 cm³/mol. The Morgan fingerprint density at radius 1 is 1.14 bits per heavy atom. The molecule has 4 nitrogen and oxygen atoms in total. The standard InChI is InChI=1S/C23H17ClN2O2S/c1-3-12-25-22(27)21(29-23(25)28)13-18-15(2)26(20-11-7-5-9-17(18)20)14-16-8-4-6-10-19(16)24/h1,4-11,13H,12,14H2,2H3. The van der Waals surface area contributed by atoms with Crippen LogP contribution in [0.3, 0.4) is 0 Å². The molecule has 0 bridgehead atoms. The van der Waals surface area contributed by atoms with E-state index in [1.165, 1.54) is 0 Å². The molecule has 1 aromatic heterocycles. The second kappa shape index (κ2) is 7.82. The molecule has 1 aliphatic rings. The van der Waals surface area contributed by atoms with Crippen LogP contribution in [-0.4, -0.2) is 27.2 Å². The van der Waals surface area contributed by atoms with E-state index in [9.17, 15) is 9.59 Å². The van der Waals surface area contributed by atoms with E-state index in [-0.39, 0.29) is 17.7 Å². The van der Waals surface area contributed by atoms with Crippen molar-refractivity contribution in [2.45, 2.75) is 13.5 Å². The van der Waals surface area contributed by atoms with Gasteiger partial charge in [-0.25, -0.2) is 0 Å². The topological polar surface area (TPSA) is 42.3 Å². The summed E-state index contributed by atoms with van der Waals surface area (Å²) in [4.78, 5) is 26.2. The number of fused-ring (bicyclic) bond motifs is 1. The largest absolute Gasteiger partial charge is 0.340 e. The van der Waals surface area contributed by atoms with Gasteiger partial charge in [0.2, 0.25) is 0 Å². The molecule has 2 amide bonds. The van der Waals surface area contributed by atoms with Crippen molar-refractivity contribution < 1.29 is 9.59 Å². The summed E-state index contributed by atoms with van der Waals surface area (Å²) in [6, 6.07) is 15.7. The van der Waals surface area contributed by atoms with Crippen LogP contribution in [0.2, 0.25) is 5.02 Å². The molecular formula is C23H17ClN2O2S. The lowest BCUT2D eigenvalue weighted by Crippen LogP contribution is -2.28. The summed E-state index contributed by atoms with van der Waals surface area (Å²) in [5.74, 6) is 2.01. The molecule has 0 radical (unpaired) electrons. The highest BCUT2D eigenvalue weighted by atomic mass is 35.5. The van der Waals surface area contributed by atoms with E-state index in [0.717, 1.165) is 44.4 Å². The van der Waals surface area contributed by atoms with Crippen LogP contribution in [0.25, 0.3) is 17.0 Å². The van der Waals surface area contributed by atoms with Gasteiger partial charge < -0.3 is 4.57 Å². The van der Waals surface area contributed by atoms with E-state index in [1.807, 2.05) is 55.5 Å². The van der Waals surface area contributed by atoms with Crippen molar-refractivity contribution in [3.63, 3.8) is 0 Å². The van der Waals surface area contributed by atoms with Crippen molar-refractivity contribution in [2.75, 3.05) is 6.54 Å². The molecule has 4 rings (SSSR count). The third kappa shape index (κ3) is 3.46. The number of carbonyl (C=O) groups excluding carboxylic acids is 2. The van der Waals surface area contributed by atoms with Crippen LogP contribution < -0.4 is 0 Å². The minimum absolute atomic E-state index is 0.0186. The van der Waals surface area contributed by atoms with Crippen molar-refractivity contribution in [3.05, 3.63) is 75.3 Å². The maximum Gasteiger partial charge on any atom is 0.294 e. The van der Waals surface area contributed by atoms with Crippen molar-refractivity contribution in [1.82, 2.24) is 9.47 Å². The zero-order valence-electron chi connectivity index (χ0n) is 15.7. The summed E-state index contributed by atoms with van der Waals surface area (Å²) in [6.07, 6.45) is 7.07. The van der Waals surface area contributed by atoms with E-state index >= 15 is 0 Å². The fourth-order valence-electron chi connectivity index (χ4n) is 3.50. The second-order valence-electron chi connectivity index (χ2n) is 6.67. The van der Waals surface area contributed by atoms with Crippen molar-refractivity contribution in [3.8, 4) is 12.3 Å². The highest BCUT2D eigenvalue weighted by Gasteiger charge is 2.34. The lowest BCUT2D eigenvalue weighted by Gasteiger charge is -2.10. The minimum atomic E-state index is -0.347. The quantitative estimate of drug-likeness (QED) is 0.423. The monoisotopic (exact) mass is 420 g/mol. The van der Waals surface area contributed by atoms with Crippen molar-refractivity contribution in [2.24, 2.45) is 0 Å². The first-order valence-corrected chi connectivity index (χ1v) is 10.2. The number of carbonyl (C=O) groups is 2. The molecule has 29 heavy (non-hydrogen) atoms. The Morgan fingerprint density at radius 3 is 2.62 bits per heavy atom. The number of terminal acetylenes is 1. The lowest BCUT2D eigenvalue weighted by atomic mass is 10.1. The predicted octanol–water partition coefficient (Wildman–Crippen LogP) is 5.32. The van der Waals surface area contributed by atoms with Gasteiger partial charge in [0.05, 0.1) is 11.4 Å². The molecule has 0 unspecified atom stereocenters. The first kappa shape index (κ1) is 19.4. The Morgan fingerprint density at radius 2 is 1.86 bits per heavy atom. The van der Waals surface area contributed by atoms with Gasteiger partial charge in [0.15, 0.2) is 0 Å². The Hall–Kier alpha value is -2.94. The minimum Gasteiger partial charge on any atom is -0.340 e. The van der Waals surface area contributed by atoms with Gasteiger partial charge >= 0.3 is 0 Å². The first-order chi connectivity index (χ1) is 14.0. The van der Waals surface area contributed by atoms with Gasteiger partial charge in [0, 0.05) is 33.7 Å². The molecule has 144 valence electrons.